The Hall–Kier alpha value is -1.57. The monoisotopic (exact) mass is 375 g/mol. The summed E-state index contributed by atoms with van der Waals surface area (Å²) < 4.78 is 41.3. The summed E-state index contributed by atoms with van der Waals surface area (Å²) in [6, 6.07) is 6.55. The topological polar surface area (TPSA) is 45.7 Å². The number of benzene rings is 1. The first-order valence-corrected chi connectivity index (χ1v) is 9.15. The van der Waals surface area contributed by atoms with Gasteiger partial charge in [0.05, 0.1) is 0 Å². The molecule has 0 aromatic heterocycles. The molecular formula is C17H24F3N3OS. The van der Waals surface area contributed by atoms with Crippen LogP contribution in [0.2, 0.25) is 0 Å². The lowest BCUT2D eigenvalue weighted by atomic mass is 10.1. The van der Waals surface area contributed by atoms with Gasteiger partial charge in [-0.25, -0.2) is 0 Å². The van der Waals surface area contributed by atoms with Gasteiger partial charge >= 0.3 is 6.18 Å². The van der Waals surface area contributed by atoms with E-state index < -0.39 is 12.8 Å². The average Bonchev–Trinajstić information content (AvgIpc) is 3.00. The SMILES string of the molecule is CN=C(NCc1ccc(OCC(F)(F)F)cc1)NCC1(C)CCCS1. The number of nitrogens with zero attached hydrogens (tertiary/aromatic N) is 1. The van der Waals surface area contributed by atoms with Gasteiger partial charge in [0.25, 0.3) is 0 Å². The molecule has 1 fully saturated rings. The van der Waals surface area contributed by atoms with Gasteiger partial charge in [0.1, 0.15) is 5.75 Å². The molecule has 1 heterocycles. The van der Waals surface area contributed by atoms with E-state index in [1.807, 2.05) is 11.8 Å². The minimum Gasteiger partial charge on any atom is -0.484 e. The summed E-state index contributed by atoms with van der Waals surface area (Å²) in [7, 11) is 1.72. The quantitative estimate of drug-likeness (QED) is 0.589. The summed E-state index contributed by atoms with van der Waals surface area (Å²) in [6.45, 7) is 2.35. The molecule has 0 spiro atoms. The minimum atomic E-state index is -4.33. The molecule has 2 rings (SSSR count). The summed E-state index contributed by atoms with van der Waals surface area (Å²) >= 11 is 1.98. The number of hydrogen-bond acceptors (Lipinski definition) is 3. The molecule has 4 nitrogen and oxygen atoms in total. The zero-order chi connectivity index (χ0) is 18.3. The van der Waals surface area contributed by atoms with Gasteiger partial charge < -0.3 is 15.4 Å². The van der Waals surface area contributed by atoms with E-state index in [2.05, 4.69) is 22.5 Å². The Morgan fingerprint density at radius 2 is 2.00 bits per heavy atom. The van der Waals surface area contributed by atoms with Crippen LogP contribution >= 0.6 is 11.8 Å². The molecule has 8 heteroatoms. The van der Waals surface area contributed by atoms with E-state index in [1.54, 1.807) is 19.2 Å². The summed E-state index contributed by atoms with van der Waals surface area (Å²) in [4.78, 5) is 4.20. The van der Waals surface area contributed by atoms with Gasteiger partial charge in [0.2, 0.25) is 0 Å². The van der Waals surface area contributed by atoms with Crippen LogP contribution in [0, 0.1) is 0 Å². The second kappa shape index (κ2) is 8.69. The lowest BCUT2D eigenvalue weighted by Gasteiger charge is -2.24. The maximum absolute atomic E-state index is 12.1. The normalized spacial score (nSPS) is 21.2. The average molecular weight is 375 g/mol. The van der Waals surface area contributed by atoms with Crippen molar-refractivity contribution in [1.82, 2.24) is 10.6 Å². The molecule has 0 aliphatic carbocycles. The van der Waals surface area contributed by atoms with E-state index in [4.69, 9.17) is 4.74 Å². The zero-order valence-corrected chi connectivity index (χ0v) is 15.3. The number of halogens is 3. The van der Waals surface area contributed by atoms with Crippen LogP contribution in [0.4, 0.5) is 13.2 Å². The van der Waals surface area contributed by atoms with Gasteiger partial charge in [-0.05, 0) is 43.2 Å². The van der Waals surface area contributed by atoms with Crippen LogP contribution in [-0.2, 0) is 6.54 Å². The van der Waals surface area contributed by atoms with Crippen molar-refractivity contribution < 1.29 is 17.9 Å². The highest BCUT2D eigenvalue weighted by Gasteiger charge is 2.29. The van der Waals surface area contributed by atoms with Crippen molar-refractivity contribution in [3.63, 3.8) is 0 Å². The Bertz CT molecular complexity index is 569. The Labute approximate surface area is 150 Å². The van der Waals surface area contributed by atoms with Crippen LogP contribution in [0.15, 0.2) is 29.3 Å². The molecule has 0 saturated carbocycles. The zero-order valence-electron chi connectivity index (χ0n) is 14.4. The van der Waals surface area contributed by atoms with Crippen molar-refractivity contribution in [2.75, 3.05) is 26.0 Å². The first-order valence-electron chi connectivity index (χ1n) is 8.17. The predicted molar refractivity (Wildman–Crippen MR) is 96.3 cm³/mol. The molecule has 1 aromatic carbocycles. The predicted octanol–water partition coefficient (Wildman–Crippen LogP) is 3.58. The molecule has 2 N–H and O–H groups in total. The number of guanidine groups is 1. The van der Waals surface area contributed by atoms with Gasteiger partial charge in [-0.3, -0.25) is 4.99 Å². The standard InChI is InChI=1S/C17H24F3N3OS/c1-16(8-3-9-25-16)11-23-15(21-2)22-10-13-4-6-14(7-5-13)24-12-17(18,19)20/h4-7H,3,8-12H2,1-2H3,(H2,21,22,23). The third-order valence-electron chi connectivity index (χ3n) is 3.94. The van der Waals surface area contributed by atoms with Crippen LogP contribution in [0.1, 0.15) is 25.3 Å². The number of nitrogens with one attached hydrogen (secondary N) is 2. The van der Waals surface area contributed by atoms with Crippen molar-refractivity contribution in [2.45, 2.75) is 37.2 Å². The van der Waals surface area contributed by atoms with Crippen molar-refractivity contribution in [3.05, 3.63) is 29.8 Å². The van der Waals surface area contributed by atoms with E-state index in [-0.39, 0.29) is 10.5 Å². The third kappa shape index (κ3) is 7.05. The molecule has 1 saturated heterocycles. The molecule has 1 aromatic rings. The highest BCUT2D eigenvalue weighted by Crippen LogP contribution is 2.36. The highest BCUT2D eigenvalue weighted by atomic mass is 32.2. The Morgan fingerprint density at radius 3 is 2.56 bits per heavy atom. The van der Waals surface area contributed by atoms with Crippen LogP contribution in [-0.4, -0.2) is 42.8 Å². The number of aliphatic imine (C=N–C) groups is 1. The highest BCUT2D eigenvalue weighted by molar-refractivity contribution is 8.00. The van der Waals surface area contributed by atoms with E-state index in [9.17, 15) is 13.2 Å². The van der Waals surface area contributed by atoms with E-state index in [0.29, 0.717) is 12.5 Å². The number of ether oxygens (including phenoxy) is 1. The van der Waals surface area contributed by atoms with Gasteiger partial charge in [0, 0.05) is 24.9 Å². The van der Waals surface area contributed by atoms with Gasteiger partial charge in [0.15, 0.2) is 12.6 Å². The third-order valence-corrected chi connectivity index (χ3v) is 5.48. The first kappa shape index (κ1) is 19.8. The number of alkyl halides is 3. The fourth-order valence-corrected chi connectivity index (χ4v) is 3.77. The van der Waals surface area contributed by atoms with Gasteiger partial charge in [-0.2, -0.15) is 24.9 Å². The fraction of sp³-hybridized carbons (Fsp3) is 0.588. The maximum atomic E-state index is 12.1. The van der Waals surface area contributed by atoms with Crippen LogP contribution in [0.3, 0.4) is 0 Å². The Morgan fingerprint density at radius 1 is 1.28 bits per heavy atom. The molecule has 0 bridgehead atoms. The van der Waals surface area contributed by atoms with Crippen molar-refractivity contribution >= 4 is 17.7 Å². The van der Waals surface area contributed by atoms with E-state index in [1.165, 1.54) is 30.7 Å². The molecule has 140 valence electrons. The lowest BCUT2D eigenvalue weighted by molar-refractivity contribution is -0.153. The Kier molecular flexibility index (Phi) is 6.87. The molecule has 0 amide bonds. The summed E-state index contributed by atoms with van der Waals surface area (Å²) in [5, 5.41) is 6.55. The largest absolute Gasteiger partial charge is 0.484 e. The van der Waals surface area contributed by atoms with E-state index in [0.717, 1.165) is 12.1 Å². The van der Waals surface area contributed by atoms with Crippen molar-refractivity contribution in [2.24, 2.45) is 4.99 Å². The summed E-state index contributed by atoms with van der Waals surface area (Å²) in [5.74, 6) is 2.12. The smallest absolute Gasteiger partial charge is 0.422 e. The molecule has 1 aliphatic heterocycles. The van der Waals surface area contributed by atoms with Gasteiger partial charge in [-0.1, -0.05) is 12.1 Å². The molecule has 1 atom stereocenters. The number of rotatable bonds is 6. The molecule has 0 radical (unpaired) electrons. The van der Waals surface area contributed by atoms with E-state index >= 15 is 0 Å². The molecule has 25 heavy (non-hydrogen) atoms. The summed E-state index contributed by atoms with van der Waals surface area (Å²) in [6.07, 6.45) is -1.88. The maximum Gasteiger partial charge on any atom is 0.422 e. The first-order chi connectivity index (χ1) is 11.8. The van der Waals surface area contributed by atoms with Crippen LogP contribution in [0.5, 0.6) is 5.75 Å². The molecule has 1 aliphatic rings. The molecular weight excluding hydrogens is 351 g/mol. The summed E-state index contributed by atoms with van der Waals surface area (Å²) in [5.41, 5.74) is 0.934. The van der Waals surface area contributed by atoms with Crippen LogP contribution < -0.4 is 15.4 Å². The second-order valence-electron chi connectivity index (χ2n) is 6.23. The molecule has 1 unspecified atom stereocenters. The van der Waals surface area contributed by atoms with Crippen molar-refractivity contribution in [3.8, 4) is 5.75 Å². The minimum absolute atomic E-state index is 0.203. The second-order valence-corrected chi connectivity index (χ2v) is 7.91. The van der Waals surface area contributed by atoms with Crippen LogP contribution in [0.25, 0.3) is 0 Å². The number of hydrogen-bond donors (Lipinski definition) is 2. The number of thioether (sulfide) groups is 1. The lowest BCUT2D eigenvalue weighted by Crippen LogP contribution is -2.43. The van der Waals surface area contributed by atoms with Gasteiger partial charge in [-0.15, -0.1) is 0 Å². The Balaban J connectivity index is 1.77. The van der Waals surface area contributed by atoms with Crippen molar-refractivity contribution in [1.29, 1.82) is 0 Å². The fourth-order valence-electron chi connectivity index (χ4n) is 2.52.